The second-order valence-corrected chi connectivity index (χ2v) is 4.22. The molecule has 3 nitrogen and oxygen atoms in total. The van der Waals surface area contributed by atoms with E-state index in [0.717, 1.165) is 12.0 Å². The molecule has 0 aromatic heterocycles. The van der Waals surface area contributed by atoms with Crippen LogP contribution in [0.5, 0.6) is 0 Å². The highest BCUT2D eigenvalue weighted by Gasteiger charge is 2.10. The van der Waals surface area contributed by atoms with Crippen molar-refractivity contribution in [3.05, 3.63) is 69.8 Å². The summed E-state index contributed by atoms with van der Waals surface area (Å²) in [6.07, 6.45) is 0.756. The Kier molecular flexibility index (Phi) is 3.44. The van der Waals surface area contributed by atoms with Gasteiger partial charge in [-0.2, -0.15) is 0 Å². The third-order valence-electron chi connectivity index (χ3n) is 2.49. The van der Waals surface area contributed by atoms with Gasteiger partial charge in [0, 0.05) is 6.07 Å². The smallest absolute Gasteiger partial charge is 0.258 e. The number of thiol groups is 1. The van der Waals surface area contributed by atoms with Crippen molar-refractivity contribution in [2.75, 3.05) is 0 Å². The van der Waals surface area contributed by atoms with E-state index < -0.39 is 4.92 Å². The van der Waals surface area contributed by atoms with Crippen molar-refractivity contribution in [1.82, 2.24) is 0 Å². The molecule has 86 valence electrons. The maximum absolute atomic E-state index is 10.6. The zero-order chi connectivity index (χ0) is 12.3. The maximum atomic E-state index is 10.6. The number of hydrogen-bond acceptors (Lipinski definition) is 3. The SMILES string of the molecule is O=[N+]([O-])c1ccc(Cc2ccccc2)cc1S. The zero-order valence-electron chi connectivity index (χ0n) is 9.04. The van der Waals surface area contributed by atoms with Crippen LogP contribution in [0, 0.1) is 10.1 Å². The summed E-state index contributed by atoms with van der Waals surface area (Å²) in [6, 6.07) is 15.0. The van der Waals surface area contributed by atoms with Crippen LogP contribution in [0.4, 0.5) is 5.69 Å². The van der Waals surface area contributed by atoms with Gasteiger partial charge in [0.15, 0.2) is 0 Å². The van der Waals surface area contributed by atoms with E-state index in [-0.39, 0.29) is 5.69 Å². The van der Waals surface area contributed by atoms with E-state index in [1.807, 2.05) is 30.3 Å². The summed E-state index contributed by atoms with van der Waals surface area (Å²) in [5.41, 5.74) is 2.24. The molecule has 0 spiro atoms. The van der Waals surface area contributed by atoms with Gasteiger partial charge in [-0.25, -0.2) is 0 Å². The first kappa shape index (κ1) is 11.7. The third-order valence-corrected chi connectivity index (χ3v) is 2.85. The summed E-state index contributed by atoms with van der Waals surface area (Å²) in [5, 5.41) is 10.6. The molecule has 0 heterocycles. The minimum absolute atomic E-state index is 0.0464. The Bertz CT molecular complexity index is 540. The summed E-state index contributed by atoms with van der Waals surface area (Å²) in [7, 11) is 0. The largest absolute Gasteiger partial charge is 0.282 e. The Hall–Kier alpha value is -1.81. The fourth-order valence-electron chi connectivity index (χ4n) is 1.66. The predicted octanol–water partition coefficient (Wildman–Crippen LogP) is 3.47. The minimum Gasteiger partial charge on any atom is -0.258 e. The van der Waals surface area contributed by atoms with Crippen molar-refractivity contribution in [1.29, 1.82) is 0 Å². The molecule has 4 heteroatoms. The first-order valence-electron chi connectivity index (χ1n) is 5.17. The molecule has 0 atom stereocenters. The number of benzene rings is 2. The van der Waals surface area contributed by atoms with E-state index in [9.17, 15) is 10.1 Å². The molecule has 0 saturated carbocycles. The van der Waals surface area contributed by atoms with Crippen molar-refractivity contribution < 1.29 is 4.92 Å². The minimum atomic E-state index is -0.422. The monoisotopic (exact) mass is 245 g/mol. The van der Waals surface area contributed by atoms with Gasteiger partial charge >= 0.3 is 0 Å². The van der Waals surface area contributed by atoms with Crippen LogP contribution in [-0.4, -0.2) is 4.92 Å². The molecule has 0 aliphatic heterocycles. The summed E-state index contributed by atoms with van der Waals surface area (Å²) in [4.78, 5) is 10.6. The second-order valence-electron chi connectivity index (χ2n) is 3.74. The summed E-state index contributed by atoms with van der Waals surface area (Å²) in [5.74, 6) is 0. The summed E-state index contributed by atoms with van der Waals surface area (Å²) in [6.45, 7) is 0. The van der Waals surface area contributed by atoms with Crippen LogP contribution in [0.1, 0.15) is 11.1 Å². The molecule has 0 radical (unpaired) electrons. The quantitative estimate of drug-likeness (QED) is 0.511. The molecular weight excluding hydrogens is 234 g/mol. The van der Waals surface area contributed by atoms with Crippen LogP contribution < -0.4 is 0 Å². The van der Waals surface area contributed by atoms with Gasteiger partial charge in [0.1, 0.15) is 0 Å². The Balaban J connectivity index is 2.24. The zero-order valence-corrected chi connectivity index (χ0v) is 9.93. The molecule has 0 saturated heterocycles. The lowest BCUT2D eigenvalue weighted by molar-refractivity contribution is -0.387. The predicted molar refractivity (Wildman–Crippen MR) is 69.6 cm³/mol. The molecule has 0 aliphatic rings. The molecule has 2 aromatic rings. The third kappa shape index (κ3) is 2.85. The first-order valence-corrected chi connectivity index (χ1v) is 5.62. The second kappa shape index (κ2) is 5.01. The normalized spacial score (nSPS) is 10.2. The van der Waals surface area contributed by atoms with E-state index in [0.29, 0.717) is 4.90 Å². The number of nitro groups is 1. The lowest BCUT2D eigenvalue weighted by Crippen LogP contribution is -1.92. The van der Waals surface area contributed by atoms with Crippen LogP contribution in [0.2, 0.25) is 0 Å². The van der Waals surface area contributed by atoms with E-state index >= 15 is 0 Å². The number of rotatable bonds is 3. The van der Waals surface area contributed by atoms with Gasteiger partial charge in [-0.3, -0.25) is 10.1 Å². The fraction of sp³-hybridized carbons (Fsp3) is 0.0769. The standard InChI is InChI=1S/C13H11NO2S/c15-14(16)12-7-6-11(9-13(12)17)8-10-4-2-1-3-5-10/h1-7,9,17H,8H2. The number of nitro benzene ring substituents is 1. The first-order chi connectivity index (χ1) is 8.16. The lowest BCUT2D eigenvalue weighted by atomic mass is 10.0. The Morgan fingerprint density at radius 2 is 1.76 bits per heavy atom. The highest BCUT2D eigenvalue weighted by molar-refractivity contribution is 7.80. The molecular formula is C13H11NO2S. The van der Waals surface area contributed by atoms with Gasteiger partial charge in [-0.1, -0.05) is 36.4 Å². The Labute approximate surface area is 105 Å². The Morgan fingerprint density at radius 1 is 1.06 bits per heavy atom. The molecule has 2 rings (SSSR count). The molecule has 0 unspecified atom stereocenters. The average Bonchev–Trinajstić information content (AvgIpc) is 2.30. The van der Waals surface area contributed by atoms with E-state index in [4.69, 9.17) is 0 Å². The molecule has 2 aromatic carbocycles. The van der Waals surface area contributed by atoms with E-state index in [2.05, 4.69) is 12.6 Å². The molecule has 0 bridgehead atoms. The van der Waals surface area contributed by atoms with Gasteiger partial charge in [0.25, 0.3) is 5.69 Å². The molecule has 0 aliphatic carbocycles. The highest BCUT2D eigenvalue weighted by atomic mass is 32.1. The average molecular weight is 245 g/mol. The van der Waals surface area contributed by atoms with Crippen molar-refractivity contribution in [2.24, 2.45) is 0 Å². The van der Waals surface area contributed by atoms with Crippen molar-refractivity contribution >= 4 is 18.3 Å². The van der Waals surface area contributed by atoms with Crippen molar-refractivity contribution in [2.45, 2.75) is 11.3 Å². The van der Waals surface area contributed by atoms with E-state index in [1.54, 1.807) is 12.1 Å². The van der Waals surface area contributed by atoms with Crippen molar-refractivity contribution in [3.8, 4) is 0 Å². The van der Waals surface area contributed by atoms with Gasteiger partial charge in [-0.15, -0.1) is 12.6 Å². The number of hydrogen-bond donors (Lipinski definition) is 1. The van der Waals surface area contributed by atoms with Crippen molar-refractivity contribution in [3.63, 3.8) is 0 Å². The van der Waals surface area contributed by atoms with Crippen LogP contribution in [-0.2, 0) is 6.42 Å². The van der Waals surface area contributed by atoms with E-state index in [1.165, 1.54) is 11.6 Å². The van der Waals surface area contributed by atoms with Crippen LogP contribution in [0.15, 0.2) is 53.4 Å². The van der Waals surface area contributed by atoms with Gasteiger partial charge in [0.2, 0.25) is 0 Å². The maximum Gasteiger partial charge on any atom is 0.282 e. The Morgan fingerprint density at radius 3 is 2.35 bits per heavy atom. The van der Waals surface area contributed by atoms with Gasteiger partial charge in [0.05, 0.1) is 9.82 Å². The lowest BCUT2D eigenvalue weighted by Gasteiger charge is -2.03. The highest BCUT2D eigenvalue weighted by Crippen LogP contribution is 2.24. The fourth-order valence-corrected chi connectivity index (χ4v) is 1.99. The van der Waals surface area contributed by atoms with Crippen LogP contribution in [0.3, 0.4) is 0 Å². The molecule has 17 heavy (non-hydrogen) atoms. The number of nitrogens with zero attached hydrogens (tertiary/aromatic N) is 1. The molecule has 0 fully saturated rings. The molecule has 0 N–H and O–H groups in total. The van der Waals surface area contributed by atoms with Gasteiger partial charge < -0.3 is 0 Å². The van der Waals surface area contributed by atoms with Gasteiger partial charge in [-0.05, 0) is 23.6 Å². The summed E-state index contributed by atoms with van der Waals surface area (Å²) < 4.78 is 0. The molecule has 0 amide bonds. The van der Waals surface area contributed by atoms with Crippen LogP contribution in [0.25, 0.3) is 0 Å². The topological polar surface area (TPSA) is 43.1 Å². The summed E-state index contributed by atoms with van der Waals surface area (Å²) >= 11 is 4.13. The van der Waals surface area contributed by atoms with Crippen LogP contribution >= 0.6 is 12.6 Å².